The highest BCUT2D eigenvalue weighted by Crippen LogP contribution is 2.18. The molecule has 0 radical (unpaired) electrons. The van der Waals surface area contributed by atoms with Gasteiger partial charge in [-0.2, -0.15) is 0 Å². The summed E-state index contributed by atoms with van der Waals surface area (Å²) in [4.78, 5) is 27.5. The third-order valence-electron chi connectivity index (χ3n) is 3.87. The van der Waals surface area contributed by atoms with E-state index in [1.54, 1.807) is 54.7 Å². The lowest BCUT2D eigenvalue weighted by atomic mass is 10.2. The summed E-state index contributed by atoms with van der Waals surface area (Å²) in [7, 11) is 1.91. The lowest BCUT2D eigenvalue weighted by Gasteiger charge is -2.09. The van der Waals surface area contributed by atoms with E-state index in [0.29, 0.717) is 29.3 Å². The summed E-state index contributed by atoms with van der Waals surface area (Å²) in [5, 5.41) is 5.49. The van der Waals surface area contributed by atoms with E-state index in [-0.39, 0.29) is 11.8 Å². The number of nitrogens with one attached hydrogen (secondary N) is 2. The van der Waals surface area contributed by atoms with Crippen LogP contribution in [0.25, 0.3) is 0 Å². The number of carbonyl (C=O) groups excluding carboxylic acids is 2. The van der Waals surface area contributed by atoms with Gasteiger partial charge in [-0.05, 0) is 48.5 Å². The Hall–Kier alpha value is -3.61. The second-order valence-corrected chi connectivity index (χ2v) is 5.98. The average Bonchev–Trinajstić information content (AvgIpc) is 3.06. The van der Waals surface area contributed by atoms with Crippen molar-refractivity contribution in [1.29, 1.82) is 0 Å². The van der Waals surface area contributed by atoms with Gasteiger partial charge in [0.25, 0.3) is 5.91 Å². The predicted octanol–water partition coefficient (Wildman–Crippen LogP) is 3.21. The smallest absolute Gasteiger partial charge is 0.255 e. The van der Waals surface area contributed by atoms with Gasteiger partial charge in [-0.15, -0.1) is 0 Å². The molecule has 0 aliphatic carbocycles. The fraction of sp³-hybridized carbons (Fsp3) is 0.150. The average molecular weight is 364 g/mol. The first kappa shape index (κ1) is 18.2. The van der Waals surface area contributed by atoms with E-state index in [0.717, 1.165) is 5.82 Å². The van der Waals surface area contributed by atoms with Crippen molar-refractivity contribution in [3.05, 3.63) is 72.3 Å². The molecule has 2 amide bonds. The standard InChI is InChI=1S/C20H20N4O3/c1-14(25)22-16-5-3-15(4-6-16)20(26)23-17-7-9-18(10-8-17)27-13-19-21-11-12-24(19)2/h3-12H,13H2,1-2H3,(H,22,25)(H,23,26). The largest absolute Gasteiger partial charge is 0.486 e. The van der Waals surface area contributed by atoms with Gasteiger partial charge in [0.05, 0.1) is 0 Å². The molecule has 0 fully saturated rings. The third kappa shape index (κ3) is 4.94. The van der Waals surface area contributed by atoms with Crippen molar-refractivity contribution in [2.75, 3.05) is 10.6 Å². The second-order valence-electron chi connectivity index (χ2n) is 5.98. The zero-order valence-corrected chi connectivity index (χ0v) is 15.1. The lowest BCUT2D eigenvalue weighted by Crippen LogP contribution is -2.12. The first-order chi connectivity index (χ1) is 13.0. The molecule has 1 heterocycles. The molecule has 0 atom stereocenters. The molecule has 7 nitrogen and oxygen atoms in total. The van der Waals surface area contributed by atoms with Crippen LogP contribution < -0.4 is 15.4 Å². The lowest BCUT2D eigenvalue weighted by molar-refractivity contribution is -0.114. The minimum atomic E-state index is -0.231. The van der Waals surface area contributed by atoms with Crippen molar-refractivity contribution in [3.63, 3.8) is 0 Å². The Morgan fingerprint density at radius 1 is 1.00 bits per heavy atom. The van der Waals surface area contributed by atoms with E-state index in [1.165, 1.54) is 6.92 Å². The van der Waals surface area contributed by atoms with Crippen molar-refractivity contribution in [3.8, 4) is 5.75 Å². The van der Waals surface area contributed by atoms with Gasteiger partial charge in [0, 0.05) is 43.3 Å². The van der Waals surface area contributed by atoms with Crippen molar-refractivity contribution in [1.82, 2.24) is 9.55 Å². The number of hydrogen-bond acceptors (Lipinski definition) is 4. The molecule has 7 heteroatoms. The maximum absolute atomic E-state index is 12.3. The molecule has 1 aromatic heterocycles. The van der Waals surface area contributed by atoms with Crippen LogP contribution in [0.15, 0.2) is 60.9 Å². The predicted molar refractivity (Wildman–Crippen MR) is 103 cm³/mol. The maximum atomic E-state index is 12.3. The highest BCUT2D eigenvalue weighted by atomic mass is 16.5. The molecule has 0 bridgehead atoms. The molecule has 0 aliphatic heterocycles. The number of benzene rings is 2. The number of imidazole rings is 1. The number of amides is 2. The van der Waals surface area contributed by atoms with E-state index in [9.17, 15) is 9.59 Å². The van der Waals surface area contributed by atoms with Crippen molar-refractivity contribution >= 4 is 23.2 Å². The van der Waals surface area contributed by atoms with Crippen LogP contribution in [0.3, 0.4) is 0 Å². The molecule has 2 aromatic carbocycles. The van der Waals surface area contributed by atoms with Crippen LogP contribution in [0.5, 0.6) is 5.75 Å². The summed E-state index contributed by atoms with van der Waals surface area (Å²) in [5.41, 5.74) is 1.81. The van der Waals surface area contributed by atoms with Crippen LogP contribution in [-0.4, -0.2) is 21.4 Å². The topological polar surface area (TPSA) is 85.2 Å². The van der Waals surface area contributed by atoms with E-state index in [4.69, 9.17) is 4.74 Å². The van der Waals surface area contributed by atoms with Gasteiger partial charge in [-0.3, -0.25) is 9.59 Å². The summed E-state index contributed by atoms with van der Waals surface area (Å²) in [5.74, 6) is 1.13. The summed E-state index contributed by atoms with van der Waals surface area (Å²) in [6.07, 6.45) is 3.58. The number of carbonyl (C=O) groups is 2. The molecule has 3 rings (SSSR count). The summed E-state index contributed by atoms with van der Waals surface area (Å²) in [6, 6.07) is 13.8. The van der Waals surface area contributed by atoms with Gasteiger partial charge in [-0.1, -0.05) is 0 Å². The molecule has 27 heavy (non-hydrogen) atoms. The van der Waals surface area contributed by atoms with Crippen molar-refractivity contribution in [2.45, 2.75) is 13.5 Å². The van der Waals surface area contributed by atoms with E-state index >= 15 is 0 Å². The van der Waals surface area contributed by atoms with Crippen LogP contribution in [0.4, 0.5) is 11.4 Å². The number of ether oxygens (including phenoxy) is 1. The Morgan fingerprint density at radius 2 is 1.63 bits per heavy atom. The molecule has 0 saturated carbocycles. The number of nitrogens with zero attached hydrogens (tertiary/aromatic N) is 2. The molecule has 138 valence electrons. The Kier molecular flexibility index (Phi) is 5.51. The summed E-state index contributed by atoms with van der Waals surface area (Å²) < 4.78 is 7.58. The molecule has 0 aliphatic rings. The summed E-state index contributed by atoms with van der Waals surface area (Å²) >= 11 is 0. The van der Waals surface area contributed by atoms with Gasteiger partial charge in [0.2, 0.25) is 5.91 Å². The van der Waals surface area contributed by atoms with Crippen molar-refractivity contribution in [2.24, 2.45) is 7.05 Å². The summed E-state index contributed by atoms with van der Waals surface area (Å²) in [6.45, 7) is 1.81. The molecule has 2 N–H and O–H groups in total. The van der Waals surface area contributed by atoms with Gasteiger partial charge in [0.1, 0.15) is 18.2 Å². The minimum absolute atomic E-state index is 0.155. The highest BCUT2D eigenvalue weighted by Gasteiger charge is 2.07. The van der Waals surface area contributed by atoms with Gasteiger partial charge < -0.3 is 19.9 Å². The first-order valence-electron chi connectivity index (χ1n) is 8.39. The van der Waals surface area contributed by atoms with Crippen molar-refractivity contribution < 1.29 is 14.3 Å². The Labute approximate surface area is 157 Å². The Balaban J connectivity index is 1.56. The molecular formula is C20H20N4O3. The molecular weight excluding hydrogens is 344 g/mol. The van der Waals surface area contributed by atoms with E-state index < -0.39 is 0 Å². The first-order valence-corrected chi connectivity index (χ1v) is 8.39. The van der Waals surface area contributed by atoms with Crippen LogP contribution in [-0.2, 0) is 18.4 Å². The zero-order chi connectivity index (χ0) is 19.2. The van der Waals surface area contributed by atoms with Crippen LogP contribution in [0.1, 0.15) is 23.1 Å². The molecule has 0 unspecified atom stereocenters. The van der Waals surface area contributed by atoms with Crippen LogP contribution >= 0.6 is 0 Å². The molecule has 3 aromatic rings. The number of rotatable bonds is 6. The number of aromatic nitrogens is 2. The normalized spacial score (nSPS) is 10.3. The minimum Gasteiger partial charge on any atom is -0.486 e. The van der Waals surface area contributed by atoms with Crippen LogP contribution in [0, 0.1) is 0 Å². The fourth-order valence-electron chi connectivity index (χ4n) is 2.43. The SMILES string of the molecule is CC(=O)Nc1ccc(C(=O)Nc2ccc(OCc3nccn3C)cc2)cc1. The van der Waals surface area contributed by atoms with Gasteiger partial charge >= 0.3 is 0 Å². The monoisotopic (exact) mass is 364 g/mol. The van der Waals surface area contributed by atoms with E-state index in [1.807, 2.05) is 17.8 Å². The van der Waals surface area contributed by atoms with Gasteiger partial charge in [0.15, 0.2) is 0 Å². The quantitative estimate of drug-likeness (QED) is 0.703. The third-order valence-corrected chi connectivity index (χ3v) is 3.87. The van der Waals surface area contributed by atoms with Gasteiger partial charge in [-0.25, -0.2) is 4.98 Å². The van der Waals surface area contributed by atoms with E-state index in [2.05, 4.69) is 15.6 Å². The Morgan fingerprint density at radius 3 is 2.22 bits per heavy atom. The molecule has 0 spiro atoms. The zero-order valence-electron chi connectivity index (χ0n) is 15.1. The maximum Gasteiger partial charge on any atom is 0.255 e. The number of anilines is 2. The fourth-order valence-corrected chi connectivity index (χ4v) is 2.43. The second kappa shape index (κ2) is 8.18. The highest BCUT2D eigenvalue weighted by molar-refractivity contribution is 6.04. The Bertz CT molecular complexity index is 931. The number of hydrogen-bond donors (Lipinski definition) is 2. The van der Waals surface area contributed by atoms with Crippen LogP contribution in [0.2, 0.25) is 0 Å². The number of aryl methyl sites for hydroxylation is 1. The molecule has 0 saturated heterocycles.